The van der Waals surface area contributed by atoms with Gasteiger partial charge in [-0.25, -0.2) is 0 Å². The smallest absolute Gasteiger partial charge is 0.303 e. The van der Waals surface area contributed by atoms with Crippen molar-refractivity contribution in [3.05, 3.63) is 57.6 Å². The van der Waals surface area contributed by atoms with Gasteiger partial charge in [-0.05, 0) is 35.4 Å². The van der Waals surface area contributed by atoms with Gasteiger partial charge in [-0.2, -0.15) is 0 Å². The number of carbonyl (C=O) groups excluding carboxylic acids is 3. The predicted molar refractivity (Wildman–Crippen MR) is 144 cm³/mol. The highest BCUT2D eigenvalue weighted by molar-refractivity contribution is 6.32. The Balaban J connectivity index is 2.13. The summed E-state index contributed by atoms with van der Waals surface area (Å²) < 4.78 is 26.6. The Morgan fingerprint density at radius 2 is 1.18 bits per heavy atom. The Labute approximate surface area is 237 Å². The molecule has 0 unspecified atom stereocenters. The maximum absolute atomic E-state index is 11.3. The number of halogens is 3. The molecule has 0 heterocycles. The van der Waals surface area contributed by atoms with Crippen LogP contribution < -0.4 is 9.47 Å². The molecule has 11 heteroatoms. The molecule has 0 fully saturated rings. The van der Waals surface area contributed by atoms with Crippen LogP contribution in [0.25, 0.3) is 0 Å². The topological polar surface area (TPSA) is 97.4 Å². The monoisotopic (exact) mass is 588 g/mol. The number of hydrogen-bond donors (Lipinski definition) is 0. The zero-order valence-corrected chi connectivity index (χ0v) is 24.1. The molecule has 0 aromatic heterocycles. The number of alkyl halides is 1. The maximum Gasteiger partial charge on any atom is 0.303 e. The molecule has 0 aliphatic carbocycles. The molecular formula is C27H31Cl3O8. The first-order valence-corrected chi connectivity index (χ1v) is 13.0. The standard InChI is InChI=1S/C27H31Cl3O8/c1-16(31)34-14-22(38-18(3)33)15-36-26-9-7-20(11-24(26)30)27(4,5)19-6-8-25(23(29)10-19)35-13-21(12-28)37-17(2)32/h6-11,21-22H,12-15H2,1-5H3/t21-,22-/m1/s1. The Kier molecular flexibility index (Phi) is 12.0. The van der Waals surface area contributed by atoms with Crippen molar-refractivity contribution in [3.63, 3.8) is 0 Å². The van der Waals surface area contributed by atoms with Crippen LogP contribution in [0.2, 0.25) is 10.0 Å². The minimum absolute atomic E-state index is 0.0472. The summed E-state index contributed by atoms with van der Waals surface area (Å²) in [5, 5.41) is 0.746. The first kappa shape index (κ1) is 31.5. The summed E-state index contributed by atoms with van der Waals surface area (Å²) in [5.74, 6) is -0.538. The van der Waals surface area contributed by atoms with E-state index in [0.717, 1.165) is 11.1 Å². The molecule has 0 amide bonds. The van der Waals surface area contributed by atoms with Gasteiger partial charge in [-0.3, -0.25) is 14.4 Å². The van der Waals surface area contributed by atoms with E-state index in [1.54, 1.807) is 24.3 Å². The summed E-state index contributed by atoms with van der Waals surface area (Å²) in [6, 6.07) is 10.8. The van der Waals surface area contributed by atoms with Crippen LogP contribution in [-0.2, 0) is 34.0 Å². The Bertz CT molecular complexity index is 1140. The van der Waals surface area contributed by atoms with Gasteiger partial charge in [0.25, 0.3) is 0 Å². The Morgan fingerprint density at radius 3 is 1.58 bits per heavy atom. The number of hydrogen-bond acceptors (Lipinski definition) is 8. The number of benzene rings is 2. The summed E-state index contributed by atoms with van der Waals surface area (Å²) in [6.45, 7) is 7.76. The lowest BCUT2D eigenvalue weighted by Crippen LogP contribution is -2.30. The molecule has 0 saturated heterocycles. The van der Waals surface area contributed by atoms with Crippen molar-refractivity contribution in [2.45, 2.75) is 52.2 Å². The van der Waals surface area contributed by atoms with E-state index in [-0.39, 0.29) is 25.7 Å². The Morgan fingerprint density at radius 1 is 0.737 bits per heavy atom. The quantitative estimate of drug-likeness (QED) is 0.166. The van der Waals surface area contributed by atoms with Crippen LogP contribution in [0.5, 0.6) is 11.5 Å². The van der Waals surface area contributed by atoms with E-state index in [9.17, 15) is 14.4 Å². The third-order valence-corrected chi connectivity index (χ3v) is 6.40. The van der Waals surface area contributed by atoms with Crippen molar-refractivity contribution in [3.8, 4) is 11.5 Å². The van der Waals surface area contributed by atoms with Crippen molar-refractivity contribution in [1.82, 2.24) is 0 Å². The van der Waals surface area contributed by atoms with Crippen LogP contribution in [0.1, 0.15) is 45.7 Å². The lowest BCUT2D eigenvalue weighted by atomic mass is 9.78. The van der Waals surface area contributed by atoms with E-state index in [4.69, 9.17) is 58.5 Å². The van der Waals surface area contributed by atoms with Gasteiger partial charge in [-0.1, -0.05) is 49.2 Å². The van der Waals surface area contributed by atoms with Crippen LogP contribution in [0.3, 0.4) is 0 Å². The molecule has 0 aliphatic heterocycles. The van der Waals surface area contributed by atoms with Crippen LogP contribution in [-0.4, -0.2) is 55.8 Å². The molecule has 2 rings (SSSR count). The van der Waals surface area contributed by atoms with Crippen LogP contribution >= 0.6 is 34.8 Å². The molecule has 0 saturated carbocycles. The average Bonchev–Trinajstić information content (AvgIpc) is 2.83. The molecular weight excluding hydrogens is 559 g/mol. The summed E-state index contributed by atoms with van der Waals surface area (Å²) in [6.07, 6.45) is -1.37. The van der Waals surface area contributed by atoms with Gasteiger partial charge in [-0.15, -0.1) is 11.6 Å². The number of ether oxygens (including phenoxy) is 5. The van der Waals surface area contributed by atoms with Crippen LogP contribution in [0, 0.1) is 0 Å². The number of esters is 3. The molecule has 2 atom stereocenters. The minimum atomic E-state index is -0.778. The van der Waals surface area contributed by atoms with Crippen LogP contribution in [0.4, 0.5) is 0 Å². The molecule has 0 spiro atoms. The van der Waals surface area contributed by atoms with Gasteiger partial charge in [0, 0.05) is 26.2 Å². The number of rotatable bonds is 13. The second-order valence-electron chi connectivity index (χ2n) is 8.96. The van der Waals surface area contributed by atoms with E-state index in [1.165, 1.54) is 20.8 Å². The maximum atomic E-state index is 11.3. The summed E-state index contributed by atoms with van der Waals surface area (Å²) in [4.78, 5) is 33.6. The van der Waals surface area contributed by atoms with Crippen molar-refractivity contribution < 1.29 is 38.1 Å². The summed E-state index contributed by atoms with van der Waals surface area (Å²) in [7, 11) is 0. The van der Waals surface area contributed by atoms with Gasteiger partial charge in [0.1, 0.15) is 37.4 Å². The van der Waals surface area contributed by atoms with Gasteiger partial charge >= 0.3 is 17.9 Å². The molecule has 2 aromatic carbocycles. The van der Waals surface area contributed by atoms with Gasteiger partial charge in [0.15, 0.2) is 6.10 Å². The second-order valence-corrected chi connectivity index (χ2v) is 10.1. The zero-order valence-electron chi connectivity index (χ0n) is 21.8. The minimum Gasteiger partial charge on any atom is -0.488 e. The van der Waals surface area contributed by atoms with Crippen molar-refractivity contribution in [2.75, 3.05) is 25.7 Å². The number of carbonyl (C=O) groups is 3. The average molecular weight is 590 g/mol. The summed E-state index contributed by atoms with van der Waals surface area (Å²) in [5.41, 5.74) is 1.31. The van der Waals surface area contributed by atoms with Gasteiger partial charge in [0.05, 0.1) is 15.9 Å². The fourth-order valence-corrected chi connectivity index (χ4v) is 4.07. The van der Waals surface area contributed by atoms with E-state index in [2.05, 4.69) is 0 Å². The van der Waals surface area contributed by atoms with Crippen LogP contribution in [0.15, 0.2) is 36.4 Å². The second kappa shape index (κ2) is 14.5. The van der Waals surface area contributed by atoms with E-state index in [1.807, 2.05) is 26.0 Å². The lowest BCUT2D eigenvalue weighted by molar-refractivity contribution is -0.158. The summed E-state index contributed by atoms with van der Waals surface area (Å²) >= 11 is 18.8. The van der Waals surface area contributed by atoms with E-state index in [0.29, 0.717) is 21.5 Å². The SMILES string of the molecule is CC(=O)OC[C@H](COc1ccc(C(C)(C)c2ccc(OC[C@@H](CCl)OC(C)=O)c(Cl)c2)cc1Cl)OC(C)=O. The molecule has 0 bridgehead atoms. The highest BCUT2D eigenvalue weighted by Gasteiger charge is 2.26. The van der Waals surface area contributed by atoms with E-state index < -0.39 is 35.5 Å². The molecule has 38 heavy (non-hydrogen) atoms. The van der Waals surface area contributed by atoms with Gasteiger partial charge < -0.3 is 23.7 Å². The predicted octanol–water partition coefficient (Wildman–Crippen LogP) is 5.74. The van der Waals surface area contributed by atoms with Crippen molar-refractivity contribution in [2.24, 2.45) is 0 Å². The zero-order chi connectivity index (χ0) is 28.5. The largest absolute Gasteiger partial charge is 0.488 e. The third kappa shape index (κ3) is 9.57. The molecule has 0 aliphatic rings. The van der Waals surface area contributed by atoms with Crippen molar-refractivity contribution in [1.29, 1.82) is 0 Å². The first-order chi connectivity index (χ1) is 17.8. The molecule has 8 nitrogen and oxygen atoms in total. The molecule has 0 radical (unpaired) electrons. The third-order valence-electron chi connectivity index (χ3n) is 5.47. The molecule has 2 aromatic rings. The first-order valence-electron chi connectivity index (χ1n) is 11.7. The van der Waals surface area contributed by atoms with E-state index >= 15 is 0 Å². The Hall–Kier alpha value is -2.68. The highest BCUT2D eigenvalue weighted by atomic mass is 35.5. The van der Waals surface area contributed by atoms with Crippen molar-refractivity contribution >= 4 is 52.7 Å². The normalized spacial score (nSPS) is 12.7. The fourth-order valence-electron chi connectivity index (χ4n) is 3.45. The highest BCUT2D eigenvalue weighted by Crippen LogP contribution is 2.38. The lowest BCUT2D eigenvalue weighted by Gasteiger charge is -2.27. The fraction of sp³-hybridized carbons (Fsp3) is 0.444. The molecule has 0 N–H and O–H groups in total. The van der Waals surface area contributed by atoms with Gasteiger partial charge in [0.2, 0.25) is 0 Å². The molecule has 208 valence electrons.